The minimum absolute atomic E-state index is 0.924. The van der Waals surface area contributed by atoms with Gasteiger partial charge in [-0.2, -0.15) is 5.06 Å². The number of hydrogen-bond acceptors (Lipinski definition) is 2. The van der Waals surface area contributed by atoms with Gasteiger partial charge in [-0.25, -0.2) is 0 Å². The van der Waals surface area contributed by atoms with E-state index in [0.29, 0.717) is 0 Å². The molecule has 0 aliphatic carbocycles. The zero-order valence-corrected chi connectivity index (χ0v) is 6.68. The molecular weight excluding hydrogens is 114 g/mol. The summed E-state index contributed by atoms with van der Waals surface area (Å²) in [5, 5.41) is 1.99. The van der Waals surface area contributed by atoms with Crippen molar-refractivity contribution >= 4 is 0 Å². The molecule has 1 fully saturated rings. The minimum Gasteiger partial charge on any atom is -0.299 e. The van der Waals surface area contributed by atoms with Gasteiger partial charge in [-0.1, -0.05) is 20.8 Å². The Morgan fingerprint density at radius 1 is 1.44 bits per heavy atom. The Balaban J connectivity index is 0.000000291. The Hall–Kier alpha value is -0.0800. The van der Waals surface area contributed by atoms with E-state index in [1.54, 1.807) is 0 Å². The van der Waals surface area contributed by atoms with Crippen molar-refractivity contribution in [2.24, 2.45) is 0 Å². The maximum Gasteiger partial charge on any atom is 0.0698 e. The van der Waals surface area contributed by atoms with E-state index in [1.165, 1.54) is 6.42 Å². The van der Waals surface area contributed by atoms with Crippen molar-refractivity contribution in [2.45, 2.75) is 27.2 Å². The molecule has 0 aromatic heterocycles. The van der Waals surface area contributed by atoms with Crippen molar-refractivity contribution in [3.63, 3.8) is 0 Å². The summed E-state index contributed by atoms with van der Waals surface area (Å²) in [6.45, 7) is 9.18. The van der Waals surface area contributed by atoms with E-state index in [-0.39, 0.29) is 0 Å². The summed E-state index contributed by atoms with van der Waals surface area (Å²) in [6, 6.07) is 0. The Morgan fingerprint density at radius 3 is 2.33 bits per heavy atom. The van der Waals surface area contributed by atoms with Gasteiger partial charge < -0.3 is 0 Å². The van der Waals surface area contributed by atoms with Gasteiger partial charge in [0.05, 0.1) is 6.61 Å². The van der Waals surface area contributed by atoms with Gasteiger partial charge in [0.2, 0.25) is 0 Å². The van der Waals surface area contributed by atoms with E-state index in [2.05, 4.69) is 6.92 Å². The number of nitrogens with zero attached hydrogens (tertiary/aromatic N) is 1. The number of hydrogen-bond donors (Lipinski definition) is 0. The van der Waals surface area contributed by atoms with Gasteiger partial charge in [0.1, 0.15) is 0 Å². The summed E-state index contributed by atoms with van der Waals surface area (Å²) in [5.41, 5.74) is 0. The van der Waals surface area contributed by atoms with Crippen molar-refractivity contribution in [2.75, 3.05) is 19.7 Å². The second kappa shape index (κ2) is 6.05. The zero-order valence-electron chi connectivity index (χ0n) is 6.68. The van der Waals surface area contributed by atoms with Gasteiger partial charge in [0.15, 0.2) is 0 Å². The molecule has 0 aromatic carbocycles. The molecule has 9 heavy (non-hydrogen) atoms. The van der Waals surface area contributed by atoms with Gasteiger partial charge in [-0.3, -0.25) is 4.84 Å². The highest BCUT2D eigenvalue weighted by molar-refractivity contribution is 4.48. The van der Waals surface area contributed by atoms with Crippen molar-refractivity contribution < 1.29 is 4.84 Å². The second-order valence-electron chi connectivity index (χ2n) is 1.71. The average molecular weight is 131 g/mol. The van der Waals surface area contributed by atoms with E-state index in [4.69, 9.17) is 4.84 Å². The standard InChI is InChI=1S/C5H11NO.C2H6/c1-2-6-4-3-5-7-6;1-2/h2-5H2,1H3;1-2H3. The lowest BCUT2D eigenvalue weighted by Gasteiger charge is -2.07. The van der Waals surface area contributed by atoms with E-state index >= 15 is 0 Å². The zero-order chi connectivity index (χ0) is 7.11. The monoisotopic (exact) mass is 131 g/mol. The van der Waals surface area contributed by atoms with Gasteiger partial charge in [-0.15, -0.1) is 0 Å². The molecule has 0 aromatic rings. The van der Waals surface area contributed by atoms with E-state index < -0.39 is 0 Å². The van der Waals surface area contributed by atoms with Gasteiger partial charge in [-0.05, 0) is 6.42 Å². The highest BCUT2D eigenvalue weighted by atomic mass is 16.7. The normalized spacial score (nSPS) is 19.0. The van der Waals surface area contributed by atoms with E-state index in [1.807, 2.05) is 18.9 Å². The van der Waals surface area contributed by atoms with Gasteiger partial charge in [0, 0.05) is 13.1 Å². The summed E-state index contributed by atoms with van der Waals surface area (Å²) >= 11 is 0. The van der Waals surface area contributed by atoms with Crippen LogP contribution >= 0.6 is 0 Å². The quantitative estimate of drug-likeness (QED) is 0.536. The van der Waals surface area contributed by atoms with Crippen LogP contribution in [-0.2, 0) is 4.84 Å². The third-order valence-electron chi connectivity index (χ3n) is 1.18. The second-order valence-corrected chi connectivity index (χ2v) is 1.71. The van der Waals surface area contributed by atoms with E-state index in [0.717, 1.165) is 19.7 Å². The van der Waals surface area contributed by atoms with Crippen LogP contribution in [0.4, 0.5) is 0 Å². The Morgan fingerprint density at radius 2 is 2.11 bits per heavy atom. The molecule has 0 spiro atoms. The molecule has 1 heterocycles. The van der Waals surface area contributed by atoms with Crippen LogP contribution in [0.15, 0.2) is 0 Å². The summed E-state index contributed by atoms with van der Waals surface area (Å²) < 4.78 is 0. The Bertz CT molecular complexity index is 50.9. The molecule has 0 N–H and O–H groups in total. The molecule has 0 bridgehead atoms. The molecule has 0 unspecified atom stereocenters. The fraction of sp³-hybridized carbons (Fsp3) is 1.00. The lowest BCUT2D eigenvalue weighted by molar-refractivity contribution is -0.105. The van der Waals surface area contributed by atoms with Crippen molar-refractivity contribution in [3.05, 3.63) is 0 Å². The number of rotatable bonds is 1. The molecule has 0 amide bonds. The highest BCUT2D eigenvalue weighted by Crippen LogP contribution is 2.01. The van der Waals surface area contributed by atoms with Crippen LogP contribution in [0.1, 0.15) is 27.2 Å². The summed E-state index contributed by atoms with van der Waals surface area (Å²) in [5.74, 6) is 0. The van der Waals surface area contributed by atoms with Crippen LogP contribution in [0, 0.1) is 0 Å². The maximum atomic E-state index is 5.14. The van der Waals surface area contributed by atoms with Crippen LogP contribution in [-0.4, -0.2) is 24.8 Å². The van der Waals surface area contributed by atoms with Gasteiger partial charge in [0.25, 0.3) is 0 Å². The first kappa shape index (κ1) is 8.92. The smallest absolute Gasteiger partial charge is 0.0698 e. The first-order valence-corrected chi connectivity index (χ1v) is 3.81. The first-order valence-electron chi connectivity index (χ1n) is 3.81. The minimum atomic E-state index is 0.924. The molecule has 0 atom stereocenters. The predicted molar refractivity (Wildman–Crippen MR) is 39.2 cm³/mol. The van der Waals surface area contributed by atoms with Crippen LogP contribution in [0.2, 0.25) is 0 Å². The summed E-state index contributed by atoms with van der Waals surface area (Å²) in [4.78, 5) is 5.14. The van der Waals surface area contributed by atoms with Crippen LogP contribution in [0.5, 0.6) is 0 Å². The van der Waals surface area contributed by atoms with E-state index in [9.17, 15) is 0 Å². The van der Waals surface area contributed by atoms with Crippen LogP contribution < -0.4 is 0 Å². The van der Waals surface area contributed by atoms with Crippen molar-refractivity contribution in [1.29, 1.82) is 0 Å². The summed E-state index contributed by atoms with van der Waals surface area (Å²) in [7, 11) is 0. The lowest BCUT2D eigenvalue weighted by atomic mass is 10.5. The Labute approximate surface area is 57.8 Å². The molecule has 0 saturated carbocycles. The van der Waals surface area contributed by atoms with Crippen molar-refractivity contribution in [1.82, 2.24) is 5.06 Å². The lowest BCUT2D eigenvalue weighted by Crippen LogP contribution is -2.16. The molecule has 1 rings (SSSR count). The molecule has 1 saturated heterocycles. The SMILES string of the molecule is CC.CCN1CCCO1. The third-order valence-corrected chi connectivity index (χ3v) is 1.18. The molecule has 2 nitrogen and oxygen atoms in total. The third kappa shape index (κ3) is 3.49. The summed E-state index contributed by atoms with van der Waals surface area (Å²) in [6.07, 6.45) is 1.20. The Kier molecular flexibility index (Phi) is 5.99. The molecule has 2 heteroatoms. The fourth-order valence-electron chi connectivity index (χ4n) is 0.749. The predicted octanol–water partition coefficient (Wildman–Crippen LogP) is 1.67. The largest absolute Gasteiger partial charge is 0.299 e. The first-order chi connectivity index (χ1) is 4.43. The highest BCUT2D eigenvalue weighted by Gasteiger charge is 2.07. The molecule has 0 radical (unpaired) electrons. The fourth-order valence-corrected chi connectivity index (χ4v) is 0.749. The topological polar surface area (TPSA) is 12.5 Å². The maximum absolute atomic E-state index is 5.14. The number of hydroxylamine groups is 2. The van der Waals surface area contributed by atoms with Crippen LogP contribution in [0.3, 0.4) is 0 Å². The molecule has 56 valence electrons. The molecule has 1 aliphatic rings. The van der Waals surface area contributed by atoms with Crippen LogP contribution in [0.25, 0.3) is 0 Å². The average Bonchev–Trinajstić information content (AvgIpc) is 2.43. The molecule has 1 aliphatic heterocycles. The van der Waals surface area contributed by atoms with Crippen molar-refractivity contribution in [3.8, 4) is 0 Å². The van der Waals surface area contributed by atoms with Gasteiger partial charge >= 0.3 is 0 Å². The molecular formula is C7H17NO.